The van der Waals surface area contributed by atoms with Crippen LogP contribution in [0, 0.1) is 0 Å². The number of aliphatic imine (C=N–C) groups is 1. The lowest BCUT2D eigenvalue weighted by Crippen LogP contribution is -2.07. The first-order chi connectivity index (χ1) is 13.8. The van der Waals surface area contributed by atoms with Crippen molar-refractivity contribution in [1.82, 2.24) is 0 Å². The summed E-state index contributed by atoms with van der Waals surface area (Å²) in [4.78, 5) is 5.23. The first-order valence-corrected chi connectivity index (χ1v) is 9.63. The molecule has 0 aliphatic rings. The van der Waals surface area contributed by atoms with Crippen LogP contribution in [0.4, 0.5) is 0 Å². The van der Waals surface area contributed by atoms with Gasteiger partial charge in [-0.15, -0.1) is 6.58 Å². The third-order valence-electron chi connectivity index (χ3n) is 4.93. The molecule has 0 N–H and O–H groups in total. The molecule has 0 unspecified atom stereocenters. The fraction of sp³-hybridized carbons (Fsp3) is 0.0741. The van der Waals surface area contributed by atoms with E-state index >= 15 is 0 Å². The summed E-state index contributed by atoms with van der Waals surface area (Å²) >= 11 is 0. The van der Waals surface area contributed by atoms with E-state index in [9.17, 15) is 0 Å². The summed E-state index contributed by atoms with van der Waals surface area (Å²) in [7, 11) is 0. The lowest BCUT2D eigenvalue weighted by molar-refractivity contribution is 0.746. The summed E-state index contributed by atoms with van der Waals surface area (Å²) in [6, 6.07) is 35.9. The number of nitrogens with zero attached hydrogens (tertiary/aromatic N) is 1. The van der Waals surface area contributed by atoms with E-state index in [-0.39, 0.29) is 6.04 Å². The summed E-state index contributed by atoms with van der Waals surface area (Å²) in [6.45, 7) is 3.97. The molecular weight excluding hydrogens is 338 g/mol. The van der Waals surface area contributed by atoms with Crippen LogP contribution in [-0.2, 0) is 0 Å². The fourth-order valence-electron chi connectivity index (χ4n) is 3.50. The Balaban J connectivity index is 1.83. The fourth-order valence-corrected chi connectivity index (χ4v) is 3.50. The average Bonchev–Trinajstić information content (AvgIpc) is 2.77. The molecule has 0 aromatic heterocycles. The van der Waals surface area contributed by atoms with Crippen LogP contribution in [0.2, 0.25) is 0 Å². The second-order valence-electron chi connectivity index (χ2n) is 6.86. The smallest absolute Gasteiger partial charge is 0.0791 e. The molecule has 0 aliphatic heterocycles. The van der Waals surface area contributed by atoms with Gasteiger partial charge in [0, 0.05) is 11.1 Å². The molecule has 28 heavy (non-hydrogen) atoms. The number of benzene rings is 4. The van der Waals surface area contributed by atoms with E-state index in [1.807, 2.05) is 18.2 Å². The summed E-state index contributed by atoms with van der Waals surface area (Å²) in [6.07, 6.45) is 2.75. The topological polar surface area (TPSA) is 12.4 Å². The van der Waals surface area contributed by atoms with Gasteiger partial charge in [0.05, 0.1) is 11.8 Å². The lowest BCUT2D eigenvalue weighted by Gasteiger charge is -2.16. The minimum atomic E-state index is 0.0255. The highest BCUT2D eigenvalue weighted by Gasteiger charge is 2.13. The molecule has 1 atom stereocenters. The van der Waals surface area contributed by atoms with Gasteiger partial charge < -0.3 is 0 Å². The first-order valence-electron chi connectivity index (χ1n) is 9.63. The Morgan fingerprint density at radius 1 is 0.714 bits per heavy atom. The first kappa shape index (κ1) is 17.9. The van der Waals surface area contributed by atoms with Crippen molar-refractivity contribution in [2.24, 2.45) is 4.99 Å². The van der Waals surface area contributed by atoms with Gasteiger partial charge in [0.25, 0.3) is 0 Å². The van der Waals surface area contributed by atoms with Crippen LogP contribution in [0.3, 0.4) is 0 Å². The van der Waals surface area contributed by atoms with E-state index in [4.69, 9.17) is 4.99 Å². The van der Waals surface area contributed by atoms with Gasteiger partial charge in [-0.1, -0.05) is 103 Å². The predicted molar refractivity (Wildman–Crippen MR) is 120 cm³/mol. The van der Waals surface area contributed by atoms with Crippen LogP contribution in [0.1, 0.15) is 29.2 Å². The van der Waals surface area contributed by atoms with Gasteiger partial charge in [-0.25, -0.2) is 0 Å². The van der Waals surface area contributed by atoms with Crippen molar-refractivity contribution in [2.75, 3.05) is 0 Å². The molecule has 136 valence electrons. The molecular formula is C27H23N. The SMILES string of the molecule is C=CC[C@@H](N=C(c1ccccc1)c1ccccc1)c1ccc2ccccc2c1. The molecule has 4 aromatic carbocycles. The average molecular weight is 361 g/mol. The molecule has 0 radical (unpaired) electrons. The van der Waals surface area contributed by atoms with Crippen molar-refractivity contribution in [3.63, 3.8) is 0 Å². The number of fused-ring (bicyclic) bond motifs is 1. The predicted octanol–water partition coefficient (Wildman–Crippen LogP) is 6.99. The maximum Gasteiger partial charge on any atom is 0.0791 e. The number of hydrogen-bond acceptors (Lipinski definition) is 1. The van der Waals surface area contributed by atoms with Gasteiger partial charge >= 0.3 is 0 Å². The largest absolute Gasteiger partial charge is 0.276 e. The summed E-state index contributed by atoms with van der Waals surface area (Å²) < 4.78 is 0. The van der Waals surface area contributed by atoms with Crippen molar-refractivity contribution in [3.05, 3.63) is 132 Å². The third kappa shape index (κ3) is 3.94. The summed E-state index contributed by atoms with van der Waals surface area (Å²) in [5.41, 5.74) is 4.48. The highest BCUT2D eigenvalue weighted by molar-refractivity contribution is 6.13. The van der Waals surface area contributed by atoms with Gasteiger partial charge in [0.1, 0.15) is 0 Å². The molecule has 0 saturated heterocycles. The van der Waals surface area contributed by atoms with Gasteiger partial charge in [-0.05, 0) is 28.8 Å². The van der Waals surface area contributed by atoms with Crippen molar-refractivity contribution in [3.8, 4) is 0 Å². The minimum absolute atomic E-state index is 0.0255. The van der Waals surface area contributed by atoms with Gasteiger partial charge in [-0.2, -0.15) is 0 Å². The van der Waals surface area contributed by atoms with Crippen LogP contribution in [-0.4, -0.2) is 5.71 Å². The van der Waals surface area contributed by atoms with Gasteiger partial charge in [0.15, 0.2) is 0 Å². The second-order valence-corrected chi connectivity index (χ2v) is 6.86. The Bertz CT molecular complexity index is 1050. The molecule has 0 amide bonds. The molecule has 0 aliphatic carbocycles. The van der Waals surface area contributed by atoms with Crippen LogP contribution < -0.4 is 0 Å². The van der Waals surface area contributed by atoms with Crippen molar-refractivity contribution < 1.29 is 0 Å². The second kappa shape index (κ2) is 8.49. The highest BCUT2D eigenvalue weighted by Crippen LogP contribution is 2.27. The zero-order chi connectivity index (χ0) is 19.2. The molecule has 1 heteroatoms. The lowest BCUT2D eigenvalue weighted by atomic mass is 9.98. The molecule has 0 saturated carbocycles. The Hall–Kier alpha value is -3.45. The van der Waals surface area contributed by atoms with Gasteiger partial charge in [-0.3, -0.25) is 4.99 Å². The van der Waals surface area contributed by atoms with Crippen molar-refractivity contribution in [2.45, 2.75) is 12.5 Å². The zero-order valence-electron chi connectivity index (χ0n) is 15.8. The van der Waals surface area contributed by atoms with E-state index in [0.29, 0.717) is 0 Å². The zero-order valence-corrected chi connectivity index (χ0v) is 15.8. The molecule has 1 nitrogen and oxygen atoms in total. The number of rotatable bonds is 6. The standard InChI is InChI=1S/C27H23N/c1-2-11-26(25-19-18-21-12-9-10-17-24(21)20-25)28-27(22-13-5-3-6-14-22)23-15-7-4-8-16-23/h2-10,12-20,26H,1,11H2/t26-/m1/s1. The van der Waals surface area contributed by atoms with E-state index in [1.54, 1.807) is 0 Å². The summed E-state index contributed by atoms with van der Waals surface area (Å²) in [5, 5.41) is 2.49. The molecule has 0 spiro atoms. The van der Waals surface area contributed by atoms with E-state index in [0.717, 1.165) is 23.3 Å². The minimum Gasteiger partial charge on any atom is -0.276 e. The quantitative estimate of drug-likeness (QED) is 0.259. The molecule has 4 aromatic rings. The van der Waals surface area contributed by atoms with Crippen LogP contribution in [0.25, 0.3) is 10.8 Å². The monoisotopic (exact) mass is 361 g/mol. The molecule has 0 bridgehead atoms. The summed E-state index contributed by atoms with van der Waals surface area (Å²) in [5.74, 6) is 0. The van der Waals surface area contributed by atoms with Crippen LogP contribution in [0.5, 0.6) is 0 Å². The third-order valence-corrected chi connectivity index (χ3v) is 4.93. The number of hydrogen-bond donors (Lipinski definition) is 0. The van der Waals surface area contributed by atoms with E-state index in [1.165, 1.54) is 16.3 Å². The Labute approximate surface area is 166 Å². The normalized spacial score (nSPS) is 11.7. The molecule has 4 rings (SSSR count). The Kier molecular flexibility index (Phi) is 5.44. The van der Waals surface area contributed by atoms with Crippen LogP contribution in [0.15, 0.2) is 121 Å². The highest BCUT2D eigenvalue weighted by atomic mass is 14.8. The Morgan fingerprint density at radius 3 is 1.89 bits per heavy atom. The molecule has 0 fully saturated rings. The maximum absolute atomic E-state index is 5.23. The van der Waals surface area contributed by atoms with Crippen LogP contribution >= 0.6 is 0 Å². The maximum atomic E-state index is 5.23. The van der Waals surface area contributed by atoms with E-state index < -0.39 is 0 Å². The Morgan fingerprint density at radius 2 is 1.29 bits per heavy atom. The molecule has 0 heterocycles. The van der Waals surface area contributed by atoms with Crippen molar-refractivity contribution in [1.29, 1.82) is 0 Å². The van der Waals surface area contributed by atoms with Gasteiger partial charge in [0.2, 0.25) is 0 Å². The van der Waals surface area contributed by atoms with Crippen molar-refractivity contribution >= 4 is 16.5 Å². The van der Waals surface area contributed by atoms with E-state index in [2.05, 4.69) is 97.6 Å².